The van der Waals surface area contributed by atoms with E-state index >= 15 is 0 Å². The lowest BCUT2D eigenvalue weighted by atomic mass is 9.75. The summed E-state index contributed by atoms with van der Waals surface area (Å²) < 4.78 is 0. The van der Waals surface area contributed by atoms with E-state index in [-0.39, 0.29) is 0 Å². The van der Waals surface area contributed by atoms with Crippen LogP contribution in [0.5, 0.6) is 0 Å². The summed E-state index contributed by atoms with van der Waals surface area (Å²) in [5.41, 5.74) is 1.42. The van der Waals surface area contributed by atoms with Crippen molar-refractivity contribution in [3.8, 4) is 0 Å². The van der Waals surface area contributed by atoms with E-state index in [1.165, 1.54) is 38.3 Å². The van der Waals surface area contributed by atoms with E-state index < -0.39 is 5.97 Å². The van der Waals surface area contributed by atoms with Gasteiger partial charge in [-0.1, -0.05) is 0 Å². The standard InChI is InChI=1S/C16H20N2O2/c19-15(20)13-1-2-17-8-14(13)18-9-16-6-10-3-11(7-16)5-12(16)4-10/h1-2,8,10-12,18H,3-7,9H2,(H,19,20). The molecule has 5 rings (SSSR count). The van der Waals surface area contributed by atoms with E-state index in [0.717, 1.165) is 24.3 Å². The van der Waals surface area contributed by atoms with Gasteiger partial charge in [-0.05, 0) is 61.3 Å². The molecule has 106 valence electrons. The summed E-state index contributed by atoms with van der Waals surface area (Å²) in [5, 5.41) is 12.6. The van der Waals surface area contributed by atoms with Crippen LogP contribution >= 0.6 is 0 Å². The average molecular weight is 272 g/mol. The predicted molar refractivity (Wildman–Crippen MR) is 75.7 cm³/mol. The van der Waals surface area contributed by atoms with Gasteiger partial charge in [0.2, 0.25) is 0 Å². The van der Waals surface area contributed by atoms with Crippen LogP contribution in [-0.2, 0) is 0 Å². The minimum absolute atomic E-state index is 0.328. The minimum Gasteiger partial charge on any atom is -0.478 e. The Labute approximate surface area is 118 Å². The molecule has 2 atom stereocenters. The maximum atomic E-state index is 11.2. The maximum absolute atomic E-state index is 11.2. The van der Waals surface area contributed by atoms with E-state index in [4.69, 9.17) is 0 Å². The number of carbonyl (C=O) groups is 1. The van der Waals surface area contributed by atoms with Gasteiger partial charge in [-0.15, -0.1) is 0 Å². The van der Waals surface area contributed by atoms with Crippen LogP contribution in [0.4, 0.5) is 5.69 Å². The summed E-state index contributed by atoms with van der Waals surface area (Å²) in [6.07, 6.45) is 10.1. The molecule has 20 heavy (non-hydrogen) atoms. The first kappa shape index (κ1) is 12.2. The first-order chi connectivity index (χ1) is 9.66. The van der Waals surface area contributed by atoms with E-state index in [1.807, 2.05) is 0 Å². The van der Waals surface area contributed by atoms with Crippen molar-refractivity contribution in [3.63, 3.8) is 0 Å². The fourth-order valence-corrected chi connectivity index (χ4v) is 5.25. The van der Waals surface area contributed by atoms with Gasteiger partial charge in [-0.25, -0.2) is 4.79 Å². The van der Waals surface area contributed by atoms with Crippen molar-refractivity contribution in [2.24, 2.45) is 23.2 Å². The van der Waals surface area contributed by atoms with Gasteiger partial charge >= 0.3 is 5.97 Å². The lowest BCUT2D eigenvalue weighted by Gasteiger charge is -2.33. The Morgan fingerprint density at radius 1 is 1.35 bits per heavy atom. The van der Waals surface area contributed by atoms with E-state index in [0.29, 0.717) is 16.7 Å². The first-order valence-electron chi connectivity index (χ1n) is 7.57. The Morgan fingerprint density at radius 3 is 2.80 bits per heavy atom. The van der Waals surface area contributed by atoms with Gasteiger partial charge < -0.3 is 10.4 Å². The lowest BCUT2D eigenvalue weighted by molar-refractivity contribution is 0.0697. The zero-order valence-corrected chi connectivity index (χ0v) is 11.5. The molecule has 4 bridgehead atoms. The molecule has 0 spiro atoms. The molecule has 0 radical (unpaired) electrons. The highest BCUT2D eigenvalue weighted by Crippen LogP contribution is 2.65. The molecule has 4 heteroatoms. The van der Waals surface area contributed by atoms with Gasteiger partial charge in [-0.2, -0.15) is 0 Å². The Balaban J connectivity index is 1.53. The molecule has 0 aromatic carbocycles. The first-order valence-corrected chi connectivity index (χ1v) is 7.57. The summed E-state index contributed by atoms with van der Waals surface area (Å²) >= 11 is 0. The monoisotopic (exact) mass is 272 g/mol. The molecule has 4 aliphatic carbocycles. The average Bonchev–Trinajstić information content (AvgIpc) is 2.82. The van der Waals surface area contributed by atoms with Gasteiger partial charge in [0.05, 0.1) is 17.4 Å². The third-order valence-corrected chi connectivity index (χ3v) is 5.84. The maximum Gasteiger partial charge on any atom is 0.337 e. The summed E-state index contributed by atoms with van der Waals surface area (Å²) in [4.78, 5) is 15.3. The number of aromatic nitrogens is 1. The van der Waals surface area contributed by atoms with Crippen LogP contribution in [0.3, 0.4) is 0 Å². The normalized spacial score (nSPS) is 37.3. The lowest BCUT2D eigenvalue weighted by Crippen LogP contribution is -2.31. The van der Waals surface area contributed by atoms with Crippen molar-refractivity contribution in [1.29, 1.82) is 0 Å². The van der Waals surface area contributed by atoms with Crippen molar-refractivity contribution in [3.05, 3.63) is 24.0 Å². The molecule has 1 aromatic rings. The van der Waals surface area contributed by atoms with Crippen LogP contribution in [0, 0.1) is 23.2 Å². The highest BCUT2D eigenvalue weighted by molar-refractivity contribution is 5.93. The number of anilines is 1. The van der Waals surface area contributed by atoms with Crippen molar-refractivity contribution >= 4 is 11.7 Å². The number of nitrogens with one attached hydrogen (secondary N) is 1. The summed E-state index contributed by atoms with van der Waals surface area (Å²) in [7, 11) is 0. The second-order valence-corrected chi connectivity index (χ2v) is 6.99. The molecule has 4 nitrogen and oxygen atoms in total. The Bertz CT molecular complexity index is 543. The fraction of sp³-hybridized carbons (Fsp3) is 0.625. The topological polar surface area (TPSA) is 62.2 Å². The number of hydrogen-bond acceptors (Lipinski definition) is 3. The molecule has 1 aromatic heterocycles. The molecular formula is C16H20N2O2. The molecule has 1 heterocycles. The number of carboxylic acids is 1. The van der Waals surface area contributed by atoms with Gasteiger partial charge in [0.1, 0.15) is 0 Å². The van der Waals surface area contributed by atoms with Gasteiger partial charge in [-0.3, -0.25) is 4.98 Å². The van der Waals surface area contributed by atoms with E-state index in [2.05, 4.69) is 10.3 Å². The molecule has 0 amide bonds. The molecular weight excluding hydrogens is 252 g/mol. The molecule has 0 aliphatic heterocycles. The van der Waals surface area contributed by atoms with Crippen molar-refractivity contribution in [1.82, 2.24) is 4.98 Å². The van der Waals surface area contributed by atoms with Crippen molar-refractivity contribution in [2.75, 3.05) is 11.9 Å². The number of hydrogen-bond donors (Lipinski definition) is 2. The Morgan fingerprint density at radius 2 is 2.10 bits per heavy atom. The van der Waals surface area contributed by atoms with Crippen molar-refractivity contribution < 1.29 is 9.90 Å². The summed E-state index contributed by atoms with van der Waals surface area (Å²) in [5.74, 6) is 1.85. The SMILES string of the molecule is O=C(O)c1ccncc1NCC12CC3CC(CC1C3)C2. The highest BCUT2D eigenvalue weighted by atomic mass is 16.4. The summed E-state index contributed by atoms with van der Waals surface area (Å²) in [6, 6.07) is 1.57. The number of nitrogens with zero attached hydrogens (tertiary/aromatic N) is 1. The molecule has 2 N–H and O–H groups in total. The van der Waals surface area contributed by atoms with Crippen LogP contribution in [0.25, 0.3) is 0 Å². The quantitative estimate of drug-likeness (QED) is 0.884. The minimum atomic E-state index is -0.885. The van der Waals surface area contributed by atoms with Crippen LogP contribution in [-0.4, -0.2) is 22.6 Å². The van der Waals surface area contributed by atoms with E-state index in [9.17, 15) is 9.90 Å². The zero-order chi connectivity index (χ0) is 13.7. The molecule has 0 saturated heterocycles. The second-order valence-electron chi connectivity index (χ2n) is 6.99. The van der Waals surface area contributed by atoms with Crippen LogP contribution in [0.15, 0.2) is 18.5 Å². The molecule has 4 saturated carbocycles. The summed E-state index contributed by atoms with van der Waals surface area (Å²) in [6.45, 7) is 0.913. The van der Waals surface area contributed by atoms with Crippen LogP contribution in [0.1, 0.15) is 42.5 Å². The Kier molecular flexibility index (Phi) is 2.56. The van der Waals surface area contributed by atoms with Crippen molar-refractivity contribution in [2.45, 2.75) is 32.1 Å². The van der Waals surface area contributed by atoms with Gasteiger partial charge in [0, 0.05) is 12.7 Å². The Hall–Kier alpha value is -1.58. The predicted octanol–water partition coefficient (Wildman–Crippen LogP) is 3.02. The highest BCUT2D eigenvalue weighted by Gasteiger charge is 2.57. The smallest absolute Gasteiger partial charge is 0.337 e. The van der Waals surface area contributed by atoms with Gasteiger partial charge in [0.15, 0.2) is 0 Å². The number of rotatable bonds is 4. The third kappa shape index (κ3) is 1.74. The van der Waals surface area contributed by atoms with Gasteiger partial charge in [0.25, 0.3) is 0 Å². The number of carboxylic acid groups (broad SMARTS) is 1. The second kappa shape index (κ2) is 4.21. The van der Waals surface area contributed by atoms with Crippen LogP contribution < -0.4 is 5.32 Å². The number of aromatic carboxylic acids is 1. The largest absolute Gasteiger partial charge is 0.478 e. The third-order valence-electron chi connectivity index (χ3n) is 5.84. The molecule has 2 unspecified atom stereocenters. The zero-order valence-electron chi connectivity index (χ0n) is 11.5. The van der Waals surface area contributed by atoms with E-state index in [1.54, 1.807) is 12.3 Å². The molecule has 4 aliphatic rings. The fourth-order valence-electron chi connectivity index (χ4n) is 5.25. The number of pyridine rings is 1. The molecule has 4 fully saturated rings. The van der Waals surface area contributed by atoms with Crippen LogP contribution in [0.2, 0.25) is 0 Å².